The van der Waals surface area contributed by atoms with E-state index >= 15 is 0 Å². The van der Waals surface area contributed by atoms with E-state index in [2.05, 4.69) is 5.32 Å². The predicted octanol–water partition coefficient (Wildman–Crippen LogP) is 5.64. The number of ether oxygens (including phenoxy) is 2. The van der Waals surface area contributed by atoms with Crippen molar-refractivity contribution in [1.29, 1.82) is 5.26 Å². The minimum atomic E-state index is -4.76. The number of nitro benzene ring substituents is 1. The molecule has 3 aromatic rings. The van der Waals surface area contributed by atoms with Gasteiger partial charge in [-0.15, -0.1) is 0 Å². The lowest BCUT2D eigenvalue weighted by Crippen LogP contribution is -2.23. The molecule has 0 aliphatic carbocycles. The average molecular weight is 497 g/mol. The number of carbonyl (C=O) groups excluding carboxylic acids is 1. The fourth-order valence-electron chi connectivity index (χ4n) is 3.09. The Morgan fingerprint density at radius 3 is 2.39 bits per heavy atom. The van der Waals surface area contributed by atoms with E-state index in [1.165, 1.54) is 31.4 Å². The Morgan fingerprint density at radius 2 is 1.78 bits per heavy atom. The van der Waals surface area contributed by atoms with Gasteiger partial charge in [-0.2, -0.15) is 18.4 Å². The number of methoxy groups -OCH3 is 1. The second-order valence-corrected chi connectivity index (χ2v) is 7.29. The Morgan fingerprint density at radius 1 is 1.08 bits per heavy atom. The van der Waals surface area contributed by atoms with Gasteiger partial charge < -0.3 is 14.8 Å². The molecule has 184 valence electrons. The smallest absolute Gasteiger partial charge is 0.416 e. The Kier molecular flexibility index (Phi) is 7.91. The van der Waals surface area contributed by atoms with Crippen LogP contribution in [0.5, 0.6) is 17.2 Å². The SMILES string of the molecule is COc1cc(/C=C(\C#N)C(=O)NCc2ccccc2)ccc1Oc1ccc(C(F)(F)F)cc1[N+](=O)[O-]. The molecule has 0 saturated carbocycles. The van der Waals surface area contributed by atoms with E-state index in [4.69, 9.17) is 9.47 Å². The number of alkyl halides is 3. The molecule has 8 nitrogen and oxygen atoms in total. The van der Waals surface area contributed by atoms with Crippen LogP contribution in [0, 0.1) is 21.4 Å². The summed E-state index contributed by atoms with van der Waals surface area (Å²) in [6.45, 7) is 0.223. The molecule has 0 aromatic heterocycles. The molecular formula is C25H18F3N3O5. The van der Waals surface area contributed by atoms with Crippen molar-refractivity contribution >= 4 is 17.7 Å². The van der Waals surface area contributed by atoms with Crippen LogP contribution in [-0.4, -0.2) is 17.9 Å². The summed E-state index contributed by atoms with van der Waals surface area (Å²) in [6, 6.07) is 17.0. The van der Waals surface area contributed by atoms with Crippen LogP contribution >= 0.6 is 0 Å². The Bertz CT molecular complexity index is 1350. The van der Waals surface area contributed by atoms with Gasteiger partial charge in [0.1, 0.15) is 11.6 Å². The monoisotopic (exact) mass is 497 g/mol. The summed E-state index contributed by atoms with van der Waals surface area (Å²) in [7, 11) is 1.29. The molecular weight excluding hydrogens is 479 g/mol. The maximum atomic E-state index is 12.9. The van der Waals surface area contributed by atoms with E-state index in [0.29, 0.717) is 17.7 Å². The number of nitrogens with one attached hydrogen (secondary N) is 1. The van der Waals surface area contributed by atoms with E-state index in [-0.39, 0.29) is 23.6 Å². The lowest BCUT2D eigenvalue weighted by molar-refractivity contribution is -0.385. The van der Waals surface area contributed by atoms with E-state index in [1.807, 2.05) is 36.4 Å². The van der Waals surface area contributed by atoms with E-state index < -0.39 is 34.0 Å². The zero-order chi connectivity index (χ0) is 26.3. The fourth-order valence-corrected chi connectivity index (χ4v) is 3.09. The summed E-state index contributed by atoms with van der Waals surface area (Å²) in [5.74, 6) is -0.974. The van der Waals surface area contributed by atoms with Crippen molar-refractivity contribution in [3.05, 3.63) is 99.1 Å². The molecule has 36 heavy (non-hydrogen) atoms. The molecule has 0 radical (unpaired) electrons. The molecule has 0 aliphatic heterocycles. The van der Waals surface area contributed by atoms with Gasteiger partial charge in [0.05, 0.1) is 17.6 Å². The number of hydrogen-bond donors (Lipinski definition) is 1. The second kappa shape index (κ2) is 11.1. The minimum Gasteiger partial charge on any atom is -0.493 e. The molecule has 3 rings (SSSR count). The van der Waals surface area contributed by atoms with Crippen molar-refractivity contribution in [2.45, 2.75) is 12.7 Å². The van der Waals surface area contributed by atoms with Crippen LogP contribution in [0.4, 0.5) is 18.9 Å². The number of carbonyl (C=O) groups is 1. The van der Waals surface area contributed by atoms with Crippen LogP contribution in [0.1, 0.15) is 16.7 Å². The van der Waals surface area contributed by atoms with Crippen molar-refractivity contribution < 1.29 is 32.4 Å². The van der Waals surface area contributed by atoms with Gasteiger partial charge >= 0.3 is 11.9 Å². The molecule has 0 bridgehead atoms. The van der Waals surface area contributed by atoms with Crippen molar-refractivity contribution in [1.82, 2.24) is 5.32 Å². The number of halogens is 3. The maximum absolute atomic E-state index is 12.9. The first kappa shape index (κ1) is 25.8. The standard InChI is InChI=1S/C25H18F3N3O5/c1-35-23-12-17(11-18(14-29)24(32)30-15-16-5-3-2-4-6-16)7-9-22(23)36-21-10-8-19(25(26,27)28)13-20(21)31(33)34/h2-13H,15H2,1H3,(H,30,32)/b18-11+. The molecule has 0 saturated heterocycles. The van der Waals surface area contributed by atoms with Gasteiger partial charge in [0.2, 0.25) is 5.75 Å². The van der Waals surface area contributed by atoms with Gasteiger partial charge in [-0.05, 0) is 41.5 Å². The predicted molar refractivity (Wildman–Crippen MR) is 123 cm³/mol. The largest absolute Gasteiger partial charge is 0.493 e. The van der Waals surface area contributed by atoms with Crippen molar-refractivity contribution in [3.8, 4) is 23.3 Å². The fraction of sp³-hybridized carbons (Fsp3) is 0.120. The number of rotatable bonds is 8. The highest BCUT2D eigenvalue weighted by atomic mass is 19.4. The van der Waals surface area contributed by atoms with Crippen LogP contribution in [-0.2, 0) is 17.5 Å². The summed E-state index contributed by atoms with van der Waals surface area (Å²) in [5.41, 5.74) is -1.02. The number of amides is 1. The lowest BCUT2D eigenvalue weighted by Gasteiger charge is -2.13. The van der Waals surface area contributed by atoms with Gasteiger partial charge in [0, 0.05) is 12.6 Å². The van der Waals surface area contributed by atoms with Gasteiger partial charge in [0.15, 0.2) is 11.5 Å². The molecule has 0 unspecified atom stereocenters. The van der Waals surface area contributed by atoms with Gasteiger partial charge in [-0.25, -0.2) is 0 Å². The summed E-state index contributed by atoms with van der Waals surface area (Å²) < 4.78 is 49.5. The molecule has 0 aliphatic rings. The van der Waals surface area contributed by atoms with Crippen LogP contribution < -0.4 is 14.8 Å². The zero-order valence-electron chi connectivity index (χ0n) is 18.7. The third-order valence-electron chi connectivity index (χ3n) is 4.86. The molecule has 0 atom stereocenters. The number of nitriles is 1. The van der Waals surface area contributed by atoms with Gasteiger partial charge in [-0.1, -0.05) is 36.4 Å². The highest BCUT2D eigenvalue weighted by molar-refractivity contribution is 6.01. The lowest BCUT2D eigenvalue weighted by atomic mass is 10.1. The van der Waals surface area contributed by atoms with Crippen molar-refractivity contribution in [2.24, 2.45) is 0 Å². The minimum absolute atomic E-state index is 0.0236. The molecule has 1 amide bonds. The number of nitro groups is 1. The first-order valence-electron chi connectivity index (χ1n) is 10.3. The summed E-state index contributed by atoms with van der Waals surface area (Å²) in [4.78, 5) is 22.7. The van der Waals surface area contributed by atoms with Crippen LogP contribution in [0.3, 0.4) is 0 Å². The first-order chi connectivity index (χ1) is 17.1. The maximum Gasteiger partial charge on any atom is 0.416 e. The normalized spacial score (nSPS) is 11.4. The van der Waals surface area contributed by atoms with E-state index in [9.17, 15) is 33.3 Å². The van der Waals surface area contributed by atoms with Crippen LogP contribution in [0.25, 0.3) is 6.08 Å². The Labute approximate surface area is 203 Å². The van der Waals surface area contributed by atoms with Gasteiger partial charge in [-0.3, -0.25) is 14.9 Å². The number of hydrogen-bond acceptors (Lipinski definition) is 6. The van der Waals surface area contributed by atoms with E-state index in [1.54, 1.807) is 0 Å². The van der Waals surface area contributed by atoms with E-state index in [0.717, 1.165) is 11.6 Å². The molecule has 0 heterocycles. The molecule has 1 N–H and O–H groups in total. The Hall–Kier alpha value is -4.85. The second-order valence-electron chi connectivity index (χ2n) is 7.29. The zero-order valence-corrected chi connectivity index (χ0v) is 18.7. The average Bonchev–Trinajstić information content (AvgIpc) is 2.86. The summed E-state index contributed by atoms with van der Waals surface area (Å²) in [5, 5.41) is 23.4. The molecule has 3 aromatic carbocycles. The third kappa shape index (κ3) is 6.38. The van der Waals surface area contributed by atoms with Crippen molar-refractivity contribution in [2.75, 3.05) is 7.11 Å². The molecule has 0 spiro atoms. The quantitative estimate of drug-likeness (QED) is 0.187. The topological polar surface area (TPSA) is 114 Å². The van der Waals surface area contributed by atoms with Crippen LogP contribution in [0.2, 0.25) is 0 Å². The summed E-state index contributed by atoms with van der Waals surface area (Å²) in [6.07, 6.45) is -3.45. The molecule has 0 fully saturated rings. The highest BCUT2D eigenvalue weighted by Crippen LogP contribution is 2.40. The third-order valence-corrected chi connectivity index (χ3v) is 4.86. The number of benzene rings is 3. The number of nitrogens with zero attached hydrogens (tertiary/aromatic N) is 2. The summed E-state index contributed by atoms with van der Waals surface area (Å²) >= 11 is 0. The highest BCUT2D eigenvalue weighted by Gasteiger charge is 2.33. The Balaban J connectivity index is 1.84. The first-order valence-corrected chi connectivity index (χ1v) is 10.3. The molecule has 11 heteroatoms. The van der Waals surface area contributed by atoms with Crippen LogP contribution in [0.15, 0.2) is 72.3 Å². The van der Waals surface area contributed by atoms with Gasteiger partial charge in [0.25, 0.3) is 5.91 Å². The van der Waals surface area contributed by atoms with Crippen molar-refractivity contribution in [3.63, 3.8) is 0 Å².